The van der Waals surface area contributed by atoms with Crippen LogP contribution in [-0.4, -0.2) is 15.4 Å². The fourth-order valence-electron chi connectivity index (χ4n) is 1.90. The van der Waals surface area contributed by atoms with Crippen molar-refractivity contribution in [1.29, 1.82) is 0 Å². The predicted octanol–water partition coefficient (Wildman–Crippen LogP) is 3.60. The Morgan fingerprint density at radius 3 is 2.18 bits per heavy atom. The molecule has 1 saturated carbocycles. The van der Waals surface area contributed by atoms with Gasteiger partial charge in [0.1, 0.15) is 4.33 Å². The van der Waals surface area contributed by atoms with Crippen LogP contribution < -0.4 is 0 Å². The molecule has 6 heteroatoms. The van der Waals surface area contributed by atoms with Gasteiger partial charge in [0.15, 0.2) is 0 Å². The first-order chi connectivity index (χ1) is 7.85. The van der Waals surface area contributed by atoms with Crippen molar-refractivity contribution in [3.63, 3.8) is 0 Å². The highest BCUT2D eigenvalue weighted by atomic mass is 35.5. The molecule has 0 bridgehead atoms. The first kappa shape index (κ1) is 12.6. The van der Waals surface area contributed by atoms with Crippen molar-refractivity contribution >= 4 is 29.2 Å². The number of benzene rings is 1. The Morgan fingerprint density at radius 1 is 1.29 bits per heavy atom. The molecule has 0 aromatic heterocycles. The normalized spacial score (nSPS) is 25.9. The molecule has 92 valence electrons. The molecule has 1 aliphatic carbocycles. The third-order valence-electron chi connectivity index (χ3n) is 2.87. The average Bonchev–Trinajstić information content (AvgIpc) is 2.82. The molecule has 0 saturated heterocycles. The first-order valence-electron chi connectivity index (χ1n) is 4.84. The molecule has 0 heterocycles. The van der Waals surface area contributed by atoms with Crippen molar-refractivity contribution < 1.29 is 18.7 Å². The van der Waals surface area contributed by atoms with E-state index in [1.165, 1.54) is 24.3 Å². The molecule has 2 atom stereocenters. The maximum atomic E-state index is 12.3. The second kappa shape index (κ2) is 4.10. The van der Waals surface area contributed by atoms with Crippen LogP contribution in [0.1, 0.15) is 23.5 Å². The number of hydrogen-bond acceptors (Lipinski definition) is 1. The van der Waals surface area contributed by atoms with E-state index >= 15 is 0 Å². The Labute approximate surface area is 106 Å². The van der Waals surface area contributed by atoms with Crippen molar-refractivity contribution in [2.45, 2.75) is 16.7 Å². The molecule has 0 radical (unpaired) electrons. The number of alkyl halides is 4. The molecule has 1 fully saturated rings. The van der Waals surface area contributed by atoms with Crippen molar-refractivity contribution in [3.8, 4) is 0 Å². The average molecular weight is 281 g/mol. The standard InChI is InChI=1S/C11H8Cl2F2O2/c12-11(13)7(8(11)10(16)17)5-1-3-6(4-2-5)9(14)15/h1-4,7-9H,(H,16,17). The molecule has 2 unspecified atom stereocenters. The lowest BCUT2D eigenvalue weighted by molar-refractivity contribution is -0.138. The minimum Gasteiger partial charge on any atom is -0.481 e. The first-order valence-corrected chi connectivity index (χ1v) is 5.60. The molecule has 0 aliphatic heterocycles. The van der Waals surface area contributed by atoms with Gasteiger partial charge in [-0.3, -0.25) is 4.79 Å². The molecule has 1 aromatic carbocycles. The van der Waals surface area contributed by atoms with Gasteiger partial charge in [0.05, 0.1) is 5.92 Å². The Kier molecular flexibility index (Phi) is 3.04. The fourth-order valence-corrected chi connectivity index (χ4v) is 2.71. The van der Waals surface area contributed by atoms with Crippen LogP contribution >= 0.6 is 23.2 Å². The summed E-state index contributed by atoms with van der Waals surface area (Å²) in [4.78, 5) is 10.8. The van der Waals surface area contributed by atoms with Crippen LogP contribution in [-0.2, 0) is 4.79 Å². The maximum Gasteiger partial charge on any atom is 0.310 e. The monoisotopic (exact) mass is 280 g/mol. The van der Waals surface area contributed by atoms with E-state index in [9.17, 15) is 13.6 Å². The van der Waals surface area contributed by atoms with E-state index < -0.39 is 28.6 Å². The van der Waals surface area contributed by atoms with Gasteiger partial charge in [-0.15, -0.1) is 0 Å². The summed E-state index contributed by atoms with van der Waals surface area (Å²) in [5.74, 6) is -2.52. The molecule has 2 nitrogen and oxygen atoms in total. The summed E-state index contributed by atoms with van der Waals surface area (Å²) < 4.78 is 23.3. The highest BCUT2D eigenvalue weighted by molar-refractivity contribution is 6.53. The van der Waals surface area contributed by atoms with Crippen LogP contribution in [0.25, 0.3) is 0 Å². The van der Waals surface area contributed by atoms with E-state index in [0.717, 1.165) is 0 Å². The van der Waals surface area contributed by atoms with Crippen LogP contribution in [0, 0.1) is 5.92 Å². The van der Waals surface area contributed by atoms with Crippen LogP contribution in [0.2, 0.25) is 0 Å². The number of halogens is 4. The zero-order chi connectivity index (χ0) is 12.8. The van der Waals surface area contributed by atoms with Crippen LogP contribution in [0.4, 0.5) is 8.78 Å². The second-order valence-corrected chi connectivity index (χ2v) is 5.38. The van der Waals surface area contributed by atoms with Crippen molar-refractivity contribution in [2.75, 3.05) is 0 Å². The van der Waals surface area contributed by atoms with Gasteiger partial charge in [-0.25, -0.2) is 8.78 Å². The molecular formula is C11H8Cl2F2O2. The van der Waals surface area contributed by atoms with Crippen molar-refractivity contribution in [1.82, 2.24) is 0 Å². The third-order valence-corrected chi connectivity index (χ3v) is 3.81. The Morgan fingerprint density at radius 2 is 1.82 bits per heavy atom. The molecule has 17 heavy (non-hydrogen) atoms. The Bertz CT molecular complexity index is 445. The summed E-state index contributed by atoms with van der Waals surface area (Å²) in [6.07, 6.45) is -2.55. The summed E-state index contributed by atoms with van der Waals surface area (Å²) >= 11 is 11.7. The van der Waals surface area contributed by atoms with Gasteiger partial charge >= 0.3 is 5.97 Å². The zero-order valence-corrected chi connectivity index (χ0v) is 9.92. The van der Waals surface area contributed by atoms with E-state index in [0.29, 0.717) is 5.56 Å². The molecule has 0 amide bonds. The number of hydrogen-bond donors (Lipinski definition) is 1. The van der Waals surface area contributed by atoms with Gasteiger partial charge < -0.3 is 5.11 Å². The number of carboxylic acids is 1. The lowest BCUT2D eigenvalue weighted by Gasteiger charge is -2.02. The quantitative estimate of drug-likeness (QED) is 0.859. The minimum atomic E-state index is -2.55. The van der Waals surface area contributed by atoms with Gasteiger partial charge in [0.25, 0.3) is 6.43 Å². The number of carboxylic acid groups (broad SMARTS) is 1. The van der Waals surface area contributed by atoms with E-state index in [-0.39, 0.29) is 5.56 Å². The number of aliphatic carboxylic acids is 1. The molecule has 1 N–H and O–H groups in total. The second-order valence-electron chi connectivity index (χ2n) is 3.94. The van der Waals surface area contributed by atoms with Crippen molar-refractivity contribution in [3.05, 3.63) is 35.4 Å². The highest BCUT2D eigenvalue weighted by Gasteiger charge is 2.68. The summed E-state index contributed by atoms with van der Waals surface area (Å²) in [6.45, 7) is 0. The van der Waals surface area contributed by atoms with E-state index in [1.54, 1.807) is 0 Å². The van der Waals surface area contributed by atoms with Gasteiger partial charge in [0, 0.05) is 11.5 Å². The van der Waals surface area contributed by atoms with Crippen molar-refractivity contribution in [2.24, 2.45) is 5.92 Å². The predicted molar refractivity (Wildman–Crippen MR) is 59.7 cm³/mol. The van der Waals surface area contributed by atoms with E-state index in [4.69, 9.17) is 28.3 Å². The third kappa shape index (κ3) is 2.11. The number of rotatable bonds is 3. The molecule has 1 aromatic rings. The molecule has 0 spiro atoms. The summed E-state index contributed by atoms with van der Waals surface area (Å²) in [7, 11) is 0. The van der Waals surface area contributed by atoms with Crippen LogP contribution in [0.5, 0.6) is 0 Å². The largest absolute Gasteiger partial charge is 0.481 e. The summed E-state index contributed by atoms with van der Waals surface area (Å²) in [6, 6.07) is 5.38. The molecule has 1 aliphatic rings. The smallest absolute Gasteiger partial charge is 0.310 e. The molecule has 2 rings (SSSR count). The van der Waals surface area contributed by atoms with Gasteiger partial charge in [-0.05, 0) is 5.56 Å². The lowest BCUT2D eigenvalue weighted by Crippen LogP contribution is -2.03. The van der Waals surface area contributed by atoms with Gasteiger partial charge in [0.2, 0.25) is 0 Å². The molecular weight excluding hydrogens is 273 g/mol. The lowest BCUT2D eigenvalue weighted by atomic mass is 10.1. The summed E-state index contributed by atoms with van der Waals surface area (Å²) in [5, 5.41) is 8.87. The zero-order valence-electron chi connectivity index (χ0n) is 8.41. The topological polar surface area (TPSA) is 37.3 Å². The summed E-state index contributed by atoms with van der Waals surface area (Å²) in [5.41, 5.74) is 0.447. The number of carbonyl (C=O) groups is 1. The van der Waals surface area contributed by atoms with Crippen LogP contribution in [0.15, 0.2) is 24.3 Å². The van der Waals surface area contributed by atoms with Crippen LogP contribution in [0.3, 0.4) is 0 Å². The maximum absolute atomic E-state index is 12.3. The Balaban J connectivity index is 2.23. The van der Waals surface area contributed by atoms with E-state index in [1.807, 2.05) is 0 Å². The SMILES string of the molecule is O=C(O)C1C(c2ccc(C(F)F)cc2)C1(Cl)Cl. The van der Waals surface area contributed by atoms with Gasteiger partial charge in [-0.2, -0.15) is 0 Å². The minimum absolute atomic E-state index is 0.115. The highest BCUT2D eigenvalue weighted by Crippen LogP contribution is 2.64. The fraction of sp³-hybridized carbons (Fsp3) is 0.364. The van der Waals surface area contributed by atoms with Gasteiger partial charge in [-0.1, -0.05) is 47.5 Å². The Hall–Kier alpha value is -0.870. The van der Waals surface area contributed by atoms with E-state index in [2.05, 4.69) is 0 Å².